The van der Waals surface area contributed by atoms with Crippen LogP contribution in [0.2, 0.25) is 0 Å². The zero-order valence-corrected chi connectivity index (χ0v) is 29.7. The smallest absolute Gasteiger partial charge is 0.320 e. The molecular formula is C42H49N3O7. The van der Waals surface area contributed by atoms with Gasteiger partial charge < -0.3 is 29.6 Å². The molecule has 0 spiro atoms. The number of carbonyl (C=O) groups excluding carboxylic acids is 2. The van der Waals surface area contributed by atoms with Crippen LogP contribution in [0.4, 0.5) is 0 Å². The normalized spacial score (nSPS) is 21.0. The van der Waals surface area contributed by atoms with Crippen LogP contribution in [0.15, 0.2) is 83.7 Å². The monoisotopic (exact) mass is 707 g/mol. The Kier molecular flexibility index (Phi) is 10.9. The van der Waals surface area contributed by atoms with E-state index in [0.29, 0.717) is 54.1 Å². The first kappa shape index (κ1) is 35.7. The number of hydrogen-bond acceptors (Lipinski definition) is 8. The number of aromatic nitrogens is 1. The van der Waals surface area contributed by atoms with Gasteiger partial charge in [0.15, 0.2) is 0 Å². The largest absolute Gasteiger partial charge is 0.506 e. The van der Waals surface area contributed by atoms with Gasteiger partial charge in [-0.25, -0.2) is 0 Å². The van der Waals surface area contributed by atoms with Crippen LogP contribution in [0.5, 0.6) is 11.5 Å². The Bertz CT molecular complexity index is 1900. The Morgan fingerprint density at radius 2 is 1.58 bits per heavy atom. The number of H-pyrrole nitrogens is 1. The minimum absolute atomic E-state index is 0.00656. The van der Waals surface area contributed by atoms with Crippen molar-refractivity contribution < 1.29 is 29.3 Å². The summed E-state index contributed by atoms with van der Waals surface area (Å²) in [4.78, 5) is 45.6. The third-order valence-corrected chi connectivity index (χ3v) is 11.3. The van der Waals surface area contributed by atoms with Crippen LogP contribution < -0.4 is 10.3 Å². The maximum atomic E-state index is 13.8. The van der Waals surface area contributed by atoms with Gasteiger partial charge in [0.2, 0.25) is 5.56 Å². The maximum Gasteiger partial charge on any atom is 0.320 e. The average Bonchev–Trinajstić information content (AvgIpc) is 3.15. The summed E-state index contributed by atoms with van der Waals surface area (Å²) in [7, 11) is 0. The van der Waals surface area contributed by atoms with Crippen molar-refractivity contribution in [3.05, 3.63) is 106 Å². The van der Waals surface area contributed by atoms with Crippen molar-refractivity contribution in [3.63, 3.8) is 0 Å². The highest BCUT2D eigenvalue weighted by molar-refractivity contribution is 5.98. The Labute approximate surface area is 304 Å². The number of pyridine rings is 1. The number of phenols is 1. The van der Waals surface area contributed by atoms with Crippen LogP contribution in [0.25, 0.3) is 10.9 Å². The van der Waals surface area contributed by atoms with Gasteiger partial charge in [0, 0.05) is 36.7 Å². The molecule has 52 heavy (non-hydrogen) atoms. The number of nitrogens with one attached hydrogen (secondary N) is 1. The van der Waals surface area contributed by atoms with Gasteiger partial charge in [0.05, 0.1) is 18.2 Å². The van der Waals surface area contributed by atoms with Gasteiger partial charge in [-0.2, -0.15) is 0 Å². The van der Waals surface area contributed by atoms with Gasteiger partial charge in [-0.1, -0.05) is 68.5 Å². The number of aliphatic hydroxyl groups is 1. The third-order valence-electron chi connectivity index (χ3n) is 11.3. The second-order valence-corrected chi connectivity index (χ2v) is 14.8. The van der Waals surface area contributed by atoms with E-state index in [-0.39, 0.29) is 29.3 Å². The summed E-state index contributed by atoms with van der Waals surface area (Å²) >= 11 is 0. The minimum Gasteiger partial charge on any atom is -0.506 e. The number of amides is 1. The highest BCUT2D eigenvalue weighted by atomic mass is 16.5. The zero-order valence-electron chi connectivity index (χ0n) is 29.7. The molecule has 4 aromatic rings. The molecule has 10 heteroatoms. The molecule has 0 saturated carbocycles. The topological polar surface area (TPSA) is 132 Å². The Morgan fingerprint density at radius 1 is 0.865 bits per heavy atom. The molecule has 3 N–H and O–H groups in total. The molecule has 0 aliphatic carbocycles. The Balaban J connectivity index is 0.813. The molecule has 10 nitrogen and oxygen atoms in total. The lowest BCUT2D eigenvalue weighted by molar-refractivity contribution is -0.171. The molecule has 0 unspecified atom stereocenters. The molecule has 2 bridgehead atoms. The predicted molar refractivity (Wildman–Crippen MR) is 199 cm³/mol. The van der Waals surface area contributed by atoms with E-state index in [4.69, 9.17) is 9.47 Å². The standard InChI is InChI=1S/C42H49N3O7/c46-35(33-17-19-36(47)39-34(33)18-20-38(48)43-39)12-8-3-1-2-4-9-25-51-32-15-13-30(14-16-32)40(49)45-27-42(28-45,31-10-6-5-7-11-31)41(50)52-37-26-44-23-21-29(37)22-24-44/h5-7,10-11,13-20,29,35,37,46-47H,1-4,8-9,12,21-28H2,(H,43,48)/t35-,37-/m0/s1. The van der Waals surface area contributed by atoms with Gasteiger partial charge >= 0.3 is 5.97 Å². The first-order valence-corrected chi connectivity index (χ1v) is 18.8. The van der Waals surface area contributed by atoms with Gasteiger partial charge in [-0.3, -0.25) is 19.3 Å². The van der Waals surface area contributed by atoms with E-state index in [0.717, 1.165) is 82.3 Å². The van der Waals surface area contributed by atoms with E-state index in [1.54, 1.807) is 29.2 Å². The number of piperidine rings is 3. The van der Waals surface area contributed by atoms with Gasteiger partial charge in [-0.05, 0) is 92.2 Å². The molecule has 5 heterocycles. The van der Waals surface area contributed by atoms with Crippen molar-refractivity contribution in [2.75, 3.05) is 39.3 Å². The molecule has 1 amide bonds. The summed E-state index contributed by atoms with van der Waals surface area (Å²) in [6.07, 6.45) is 7.99. The predicted octanol–water partition coefficient (Wildman–Crippen LogP) is 6.11. The lowest BCUT2D eigenvalue weighted by atomic mass is 9.73. The van der Waals surface area contributed by atoms with Crippen molar-refractivity contribution >= 4 is 22.8 Å². The van der Waals surface area contributed by atoms with Gasteiger partial charge in [-0.15, -0.1) is 0 Å². The van der Waals surface area contributed by atoms with Crippen LogP contribution in [0.3, 0.4) is 0 Å². The van der Waals surface area contributed by atoms with Gasteiger partial charge in [0.1, 0.15) is 23.0 Å². The summed E-state index contributed by atoms with van der Waals surface area (Å²) in [5.41, 5.74) is 1.39. The minimum atomic E-state index is -0.847. The molecule has 8 rings (SSSR count). The van der Waals surface area contributed by atoms with Crippen LogP contribution in [0.1, 0.15) is 85.4 Å². The molecule has 0 radical (unpaired) electrons. The van der Waals surface area contributed by atoms with E-state index >= 15 is 0 Å². The number of rotatable bonds is 15. The van der Waals surface area contributed by atoms with Crippen molar-refractivity contribution in [3.8, 4) is 11.5 Å². The fourth-order valence-electron chi connectivity index (χ4n) is 8.15. The van der Waals surface area contributed by atoms with Crippen molar-refractivity contribution in [1.82, 2.24) is 14.8 Å². The summed E-state index contributed by atoms with van der Waals surface area (Å²) in [5.74, 6) is 0.819. The number of carbonyl (C=O) groups is 2. The lowest BCUT2D eigenvalue weighted by Crippen LogP contribution is -2.66. The highest BCUT2D eigenvalue weighted by Gasteiger charge is 2.54. The third kappa shape index (κ3) is 7.73. The van der Waals surface area contributed by atoms with Crippen LogP contribution in [-0.2, 0) is 14.9 Å². The summed E-state index contributed by atoms with van der Waals surface area (Å²) in [6.45, 7) is 4.16. The van der Waals surface area contributed by atoms with Crippen molar-refractivity contribution in [1.29, 1.82) is 0 Å². The van der Waals surface area contributed by atoms with Crippen molar-refractivity contribution in [2.24, 2.45) is 5.92 Å². The van der Waals surface area contributed by atoms with E-state index in [9.17, 15) is 24.6 Å². The average molecular weight is 708 g/mol. The quantitative estimate of drug-likeness (QED) is 0.0997. The van der Waals surface area contributed by atoms with Crippen molar-refractivity contribution in [2.45, 2.75) is 75.4 Å². The summed E-state index contributed by atoms with van der Waals surface area (Å²) in [5, 5.41) is 21.5. The second kappa shape index (κ2) is 15.9. The zero-order chi connectivity index (χ0) is 36.1. The highest BCUT2D eigenvalue weighted by Crippen LogP contribution is 2.39. The molecule has 4 saturated heterocycles. The number of phenolic OH excluding ortho intramolecular Hbond substituents is 1. The number of hydrogen-bond donors (Lipinski definition) is 3. The maximum absolute atomic E-state index is 13.8. The number of unbranched alkanes of at least 4 members (excludes halogenated alkanes) is 5. The van der Waals surface area contributed by atoms with Gasteiger partial charge in [0.25, 0.3) is 5.91 Å². The molecule has 2 atom stereocenters. The molecular weight excluding hydrogens is 658 g/mol. The molecule has 274 valence electrons. The number of aromatic amines is 1. The second-order valence-electron chi connectivity index (χ2n) is 14.8. The van der Waals surface area contributed by atoms with E-state index < -0.39 is 11.5 Å². The number of ether oxygens (including phenoxy) is 2. The number of nitrogens with zero attached hydrogens (tertiary/aromatic N) is 2. The summed E-state index contributed by atoms with van der Waals surface area (Å²) in [6, 6.07) is 23.3. The fraction of sp³-hybridized carbons (Fsp3) is 0.452. The first-order valence-electron chi connectivity index (χ1n) is 18.8. The lowest BCUT2D eigenvalue weighted by Gasteiger charge is -2.50. The van der Waals surface area contributed by atoms with Crippen LogP contribution in [-0.4, -0.2) is 82.3 Å². The number of aliphatic hydroxyl groups excluding tert-OH is 1. The molecule has 3 aromatic carbocycles. The van der Waals surface area contributed by atoms with E-state index in [2.05, 4.69) is 9.88 Å². The Hall–Kier alpha value is -4.67. The first-order chi connectivity index (χ1) is 25.3. The fourth-order valence-corrected chi connectivity index (χ4v) is 8.15. The molecule has 4 aliphatic heterocycles. The number of likely N-dealkylation sites (tertiary alicyclic amines) is 1. The Morgan fingerprint density at radius 3 is 2.29 bits per heavy atom. The number of fused-ring (bicyclic) bond motifs is 4. The van der Waals surface area contributed by atoms with Crippen LogP contribution in [0, 0.1) is 5.92 Å². The van der Waals surface area contributed by atoms with E-state index in [1.165, 1.54) is 12.1 Å². The summed E-state index contributed by atoms with van der Waals surface area (Å²) < 4.78 is 12.2. The molecule has 4 fully saturated rings. The molecule has 1 aromatic heterocycles. The SMILES string of the molecule is O=C(c1ccc(OCCCCCCCC[C@H](O)c2ccc(O)c3[nH]c(=O)ccc23)cc1)N1CC(C(=O)O[C@H]2CN3CCC2CC3)(c2ccccc2)C1. The number of aromatic hydroxyl groups is 1. The van der Waals surface area contributed by atoms with E-state index in [1.807, 2.05) is 42.5 Å². The van der Waals surface area contributed by atoms with Crippen LogP contribution >= 0.6 is 0 Å². The number of esters is 1. The molecule has 4 aliphatic rings. The number of benzene rings is 3.